The molecule has 4 aromatic rings. The molecule has 2 N–H and O–H groups in total. The van der Waals surface area contributed by atoms with Crippen molar-refractivity contribution in [3.05, 3.63) is 81.2 Å². The van der Waals surface area contributed by atoms with Crippen LogP contribution in [0.1, 0.15) is 16.1 Å². The van der Waals surface area contributed by atoms with E-state index in [1.807, 2.05) is 22.9 Å². The van der Waals surface area contributed by atoms with Crippen LogP contribution in [0.3, 0.4) is 0 Å². The molecule has 0 fully saturated rings. The van der Waals surface area contributed by atoms with Crippen molar-refractivity contribution < 1.29 is 9.59 Å². The number of rotatable bonds is 6. The fourth-order valence-electron chi connectivity index (χ4n) is 2.65. The number of carbonyl (C=O) groups is 2. The third-order valence-electron chi connectivity index (χ3n) is 4.00. The SMILES string of the molecule is O=C(Cc1csc(-c2cccs2)n1)Nc1cccc(C(=O)Nc2ccc(Br)cn2)c1. The molecule has 6 nitrogen and oxygen atoms in total. The minimum atomic E-state index is -0.305. The molecule has 0 spiro atoms. The zero-order valence-electron chi connectivity index (χ0n) is 15.5. The van der Waals surface area contributed by atoms with Crippen LogP contribution in [-0.2, 0) is 11.2 Å². The number of nitrogens with one attached hydrogen (secondary N) is 2. The van der Waals surface area contributed by atoms with E-state index in [1.54, 1.807) is 53.9 Å². The van der Waals surface area contributed by atoms with Crippen LogP contribution in [0.25, 0.3) is 9.88 Å². The molecule has 0 aliphatic heterocycles. The Morgan fingerprint density at radius 3 is 2.70 bits per heavy atom. The fraction of sp³-hybridized carbons (Fsp3) is 0.0476. The summed E-state index contributed by atoms with van der Waals surface area (Å²) in [5, 5.41) is 10.4. The predicted molar refractivity (Wildman–Crippen MR) is 124 cm³/mol. The van der Waals surface area contributed by atoms with Gasteiger partial charge in [0.05, 0.1) is 17.0 Å². The van der Waals surface area contributed by atoms with Crippen LogP contribution >= 0.6 is 38.6 Å². The third-order valence-corrected chi connectivity index (χ3v) is 6.40. The topological polar surface area (TPSA) is 84.0 Å². The molecule has 0 saturated heterocycles. The fourth-order valence-corrected chi connectivity index (χ4v) is 4.52. The zero-order chi connectivity index (χ0) is 20.9. The Labute approximate surface area is 189 Å². The van der Waals surface area contributed by atoms with E-state index < -0.39 is 0 Å². The normalized spacial score (nSPS) is 10.6. The van der Waals surface area contributed by atoms with Gasteiger partial charge < -0.3 is 10.6 Å². The van der Waals surface area contributed by atoms with Crippen LogP contribution in [0.2, 0.25) is 0 Å². The summed E-state index contributed by atoms with van der Waals surface area (Å²) in [5.41, 5.74) is 1.69. The van der Waals surface area contributed by atoms with Crippen LogP contribution in [0.4, 0.5) is 11.5 Å². The first-order chi connectivity index (χ1) is 14.6. The van der Waals surface area contributed by atoms with Gasteiger partial charge in [-0.1, -0.05) is 12.1 Å². The summed E-state index contributed by atoms with van der Waals surface area (Å²) in [6.07, 6.45) is 1.77. The van der Waals surface area contributed by atoms with E-state index in [4.69, 9.17) is 0 Å². The molecular formula is C21H15BrN4O2S2. The monoisotopic (exact) mass is 498 g/mol. The van der Waals surface area contributed by atoms with Gasteiger partial charge in [0.1, 0.15) is 10.8 Å². The molecule has 1 aromatic carbocycles. The number of carbonyl (C=O) groups excluding carboxylic acids is 2. The van der Waals surface area contributed by atoms with E-state index >= 15 is 0 Å². The number of hydrogen-bond acceptors (Lipinski definition) is 6. The first kappa shape index (κ1) is 20.4. The van der Waals surface area contributed by atoms with Crippen molar-refractivity contribution in [2.24, 2.45) is 0 Å². The van der Waals surface area contributed by atoms with Crippen LogP contribution in [-0.4, -0.2) is 21.8 Å². The van der Waals surface area contributed by atoms with Gasteiger partial charge >= 0.3 is 0 Å². The van der Waals surface area contributed by atoms with Crippen molar-refractivity contribution in [3.63, 3.8) is 0 Å². The summed E-state index contributed by atoms with van der Waals surface area (Å²) in [4.78, 5) is 34.6. The number of benzene rings is 1. The molecular weight excluding hydrogens is 484 g/mol. The van der Waals surface area contributed by atoms with E-state index in [9.17, 15) is 9.59 Å². The number of amides is 2. The maximum atomic E-state index is 12.5. The van der Waals surface area contributed by atoms with Gasteiger partial charge in [0, 0.05) is 27.3 Å². The average Bonchev–Trinajstić information content (AvgIpc) is 3.42. The van der Waals surface area contributed by atoms with E-state index in [0.29, 0.717) is 17.1 Å². The molecule has 30 heavy (non-hydrogen) atoms. The Kier molecular flexibility index (Phi) is 6.32. The number of aromatic nitrogens is 2. The predicted octanol–water partition coefficient (Wildman–Crippen LogP) is 5.46. The molecule has 9 heteroatoms. The van der Waals surface area contributed by atoms with Gasteiger partial charge in [0.25, 0.3) is 5.91 Å². The molecule has 0 aliphatic rings. The van der Waals surface area contributed by atoms with Gasteiger partial charge in [-0.25, -0.2) is 9.97 Å². The summed E-state index contributed by atoms with van der Waals surface area (Å²) in [6, 6.07) is 14.2. The van der Waals surface area contributed by atoms with Crippen molar-refractivity contribution >= 4 is 61.9 Å². The Balaban J connectivity index is 1.38. The van der Waals surface area contributed by atoms with Crippen molar-refractivity contribution in [1.82, 2.24) is 9.97 Å². The van der Waals surface area contributed by atoms with E-state index in [0.717, 1.165) is 20.1 Å². The Hall–Kier alpha value is -2.88. The standard InChI is InChI=1S/C21H15BrN4O2S2/c22-14-6-7-18(23-11-14)26-20(28)13-3-1-4-15(9-13)24-19(27)10-16-12-30-21(25-16)17-5-2-8-29-17/h1-9,11-12H,10H2,(H,24,27)(H,23,26,28). The highest BCUT2D eigenvalue weighted by atomic mass is 79.9. The van der Waals surface area contributed by atoms with Gasteiger partial charge in [-0.2, -0.15) is 0 Å². The van der Waals surface area contributed by atoms with Crippen molar-refractivity contribution in [3.8, 4) is 9.88 Å². The molecule has 0 saturated carbocycles. The number of pyridine rings is 1. The largest absolute Gasteiger partial charge is 0.326 e. The summed E-state index contributed by atoms with van der Waals surface area (Å²) in [7, 11) is 0. The number of anilines is 2. The summed E-state index contributed by atoms with van der Waals surface area (Å²) >= 11 is 6.45. The molecule has 0 aliphatic carbocycles. The van der Waals surface area contributed by atoms with Crippen molar-refractivity contribution in [2.75, 3.05) is 10.6 Å². The quantitative estimate of drug-likeness (QED) is 0.369. The summed E-state index contributed by atoms with van der Waals surface area (Å²) in [6.45, 7) is 0. The van der Waals surface area contributed by atoms with E-state index in [-0.39, 0.29) is 18.2 Å². The number of nitrogens with zero attached hydrogens (tertiary/aromatic N) is 2. The Bertz CT molecular complexity index is 1170. The second-order valence-electron chi connectivity index (χ2n) is 6.24. The third kappa shape index (κ3) is 5.18. The van der Waals surface area contributed by atoms with Gasteiger partial charge in [0.15, 0.2) is 0 Å². The summed E-state index contributed by atoms with van der Waals surface area (Å²) < 4.78 is 0.827. The highest BCUT2D eigenvalue weighted by Gasteiger charge is 2.12. The number of halogens is 1. The lowest BCUT2D eigenvalue weighted by molar-refractivity contribution is -0.115. The summed E-state index contributed by atoms with van der Waals surface area (Å²) in [5.74, 6) is -0.0473. The highest BCUT2D eigenvalue weighted by molar-refractivity contribution is 9.10. The van der Waals surface area contributed by atoms with Crippen molar-refractivity contribution in [1.29, 1.82) is 0 Å². The molecule has 0 unspecified atom stereocenters. The minimum absolute atomic E-state index is 0.168. The second-order valence-corrected chi connectivity index (χ2v) is 8.96. The van der Waals surface area contributed by atoms with Gasteiger partial charge in [-0.3, -0.25) is 9.59 Å². The zero-order valence-corrected chi connectivity index (χ0v) is 18.7. The van der Waals surface area contributed by atoms with E-state index in [1.165, 1.54) is 11.3 Å². The molecule has 3 heterocycles. The first-order valence-electron chi connectivity index (χ1n) is 8.88. The second kappa shape index (κ2) is 9.29. The number of thiazole rings is 1. The van der Waals surface area contributed by atoms with Crippen LogP contribution in [0.5, 0.6) is 0 Å². The average molecular weight is 499 g/mol. The molecule has 3 aromatic heterocycles. The molecule has 2 amide bonds. The molecule has 4 rings (SSSR count). The van der Waals surface area contributed by atoms with Crippen LogP contribution in [0, 0.1) is 0 Å². The molecule has 0 atom stereocenters. The van der Waals surface area contributed by atoms with Gasteiger partial charge in [0.2, 0.25) is 5.91 Å². The maximum Gasteiger partial charge on any atom is 0.256 e. The lowest BCUT2D eigenvalue weighted by Crippen LogP contribution is -2.16. The first-order valence-corrected chi connectivity index (χ1v) is 11.4. The Morgan fingerprint density at radius 1 is 1.03 bits per heavy atom. The van der Waals surface area contributed by atoms with Crippen LogP contribution in [0.15, 0.2) is 70.0 Å². The number of thiophene rings is 1. The number of hydrogen-bond donors (Lipinski definition) is 2. The van der Waals surface area contributed by atoms with E-state index in [2.05, 4.69) is 36.5 Å². The maximum absolute atomic E-state index is 12.5. The molecule has 150 valence electrons. The van der Waals surface area contributed by atoms with Crippen molar-refractivity contribution in [2.45, 2.75) is 6.42 Å². The van der Waals surface area contributed by atoms with Gasteiger partial charge in [-0.05, 0) is 57.7 Å². The van der Waals surface area contributed by atoms with Gasteiger partial charge in [-0.15, -0.1) is 22.7 Å². The Morgan fingerprint density at radius 2 is 1.93 bits per heavy atom. The highest BCUT2D eigenvalue weighted by Crippen LogP contribution is 2.28. The van der Waals surface area contributed by atoms with Crippen LogP contribution < -0.4 is 10.6 Å². The lowest BCUT2D eigenvalue weighted by Gasteiger charge is -2.08. The smallest absolute Gasteiger partial charge is 0.256 e. The minimum Gasteiger partial charge on any atom is -0.326 e. The lowest BCUT2D eigenvalue weighted by atomic mass is 10.2. The molecule has 0 radical (unpaired) electrons. The molecule has 0 bridgehead atoms.